The molecule has 3 aromatic rings. The van der Waals surface area contributed by atoms with Crippen molar-refractivity contribution in [2.24, 2.45) is 0 Å². The van der Waals surface area contributed by atoms with E-state index in [-0.39, 0.29) is 0 Å². The van der Waals surface area contributed by atoms with Crippen LogP contribution in [0.5, 0.6) is 5.75 Å². The lowest BCUT2D eigenvalue weighted by molar-refractivity contribution is 0.413. The fourth-order valence-electron chi connectivity index (χ4n) is 2.02. The molecule has 0 aliphatic rings. The van der Waals surface area contributed by atoms with Gasteiger partial charge in [-0.3, -0.25) is 4.57 Å². The number of rotatable bonds is 3. The number of benzene rings is 1. The first-order valence-corrected chi connectivity index (χ1v) is 6.17. The Hall–Kier alpha value is -2.82. The molecule has 0 unspecified atom stereocenters. The molecular weight excluding hydrogens is 252 g/mol. The van der Waals surface area contributed by atoms with Crippen LogP contribution in [0.4, 0.5) is 5.69 Å². The fraction of sp³-hybridized carbons (Fsp3) is 0.0667. The van der Waals surface area contributed by atoms with Crippen molar-refractivity contribution in [2.45, 2.75) is 0 Å². The molecule has 0 fully saturated rings. The van der Waals surface area contributed by atoms with Gasteiger partial charge >= 0.3 is 0 Å². The van der Waals surface area contributed by atoms with Gasteiger partial charge in [0.05, 0.1) is 13.3 Å². The minimum absolute atomic E-state index is 0.708. The predicted molar refractivity (Wildman–Crippen MR) is 77.8 cm³/mol. The third-order valence-electron chi connectivity index (χ3n) is 2.99. The fourth-order valence-corrected chi connectivity index (χ4v) is 2.02. The van der Waals surface area contributed by atoms with E-state index >= 15 is 0 Å². The minimum atomic E-state index is 0.708. The zero-order valence-corrected chi connectivity index (χ0v) is 11.0. The monoisotopic (exact) mass is 266 g/mol. The van der Waals surface area contributed by atoms with E-state index in [0.29, 0.717) is 5.69 Å². The van der Waals surface area contributed by atoms with Crippen molar-refractivity contribution in [1.82, 2.24) is 14.5 Å². The van der Waals surface area contributed by atoms with E-state index in [9.17, 15) is 0 Å². The zero-order chi connectivity index (χ0) is 13.9. The van der Waals surface area contributed by atoms with E-state index in [1.807, 2.05) is 47.2 Å². The molecule has 0 bridgehead atoms. The molecular formula is C15H14N4O. The van der Waals surface area contributed by atoms with Gasteiger partial charge in [0.25, 0.3) is 0 Å². The molecule has 0 atom stereocenters. The summed E-state index contributed by atoms with van der Waals surface area (Å²) in [5.41, 5.74) is 7.48. The molecule has 0 aliphatic carbocycles. The lowest BCUT2D eigenvalue weighted by Crippen LogP contribution is -1.99. The summed E-state index contributed by atoms with van der Waals surface area (Å²) in [5, 5.41) is 0. The number of nitrogens with zero attached hydrogens (tertiary/aromatic N) is 3. The van der Waals surface area contributed by atoms with Gasteiger partial charge in [-0.25, -0.2) is 9.97 Å². The highest BCUT2D eigenvalue weighted by molar-refractivity contribution is 5.63. The number of pyridine rings is 1. The molecule has 0 saturated heterocycles. The summed E-state index contributed by atoms with van der Waals surface area (Å²) in [6.07, 6.45) is 5.29. The van der Waals surface area contributed by atoms with Crippen molar-refractivity contribution in [3.05, 3.63) is 55.0 Å². The van der Waals surface area contributed by atoms with Gasteiger partial charge in [-0.2, -0.15) is 0 Å². The Balaban J connectivity index is 2.05. The van der Waals surface area contributed by atoms with Crippen molar-refractivity contribution in [3.8, 4) is 23.0 Å². The molecule has 3 rings (SSSR count). The first kappa shape index (κ1) is 12.2. The summed E-state index contributed by atoms with van der Waals surface area (Å²) in [5.74, 6) is 2.30. The number of hydrogen-bond donors (Lipinski definition) is 1. The lowest BCUT2D eigenvalue weighted by atomic mass is 10.2. The van der Waals surface area contributed by atoms with Crippen LogP contribution in [0.15, 0.2) is 55.0 Å². The Morgan fingerprint density at radius 1 is 1.15 bits per heavy atom. The second kappa shape index (κ2) is 5.05. The van der Waals surface area contributed by atoms with Gasteiger partial charge in [0.1, 0.15) is 17.4 Å². The SMILES string of the molecule is COc1ccc(-n2ccnc2-c2cccc(N)c2)nc1. The second-order valence-corrected chi connectivity index (χ2v) is 4.30. The molecule has 0 aliphatic heterocycles. The van der Waals surface area contributed by atoms with E-state index < -0.39 is 0 Å². The first-order chi connectivity index (χ1) is 9.78. The summed E-state index contributed by atoms with van der Waals surface area (Å²) in [6, 6.07) is 11.4. The smallest absolute Gasteiger partial charge is 0.145 e. The van der Waals surface area contributed by atoms with Crippen LogP contribution in [0.25, 0.3) is 17.2 Å². The van der Waals surface area contributed by atoms with E-state index in [2.05, 4.69) is 9.97 Å². The van der Waals surface area contributed by atoms with E-state index in [4.69, 9.17) is 10.5 Å². The van der Waals surface area contributed by atoms with Crippen LogP contribution < -0.4 is 10.5 Å². The van der Waals surface area contributed by atoms with Crippen LogP contribution >= 0.6 is 0 Å². The summed E-state index contributed by atoms with van der Waals surface area (Å²) in [4.78, 5) is 8.75. The number of aromatic nitrogens is 3. The maximum Gasteiger partial charge on any atom is 0.145 e. The van der Waals surface area contributed by atoms with Crippen LogP contribution in [0.2, 0.25) is 0 Å². The lowest BCUT2D eigenvalue weighted by Gasteiger charge is -2.08. The van der Waals surface area contributed by atoms with Crippen molar-refractivity contribution < 1.29 is 4.74 Å². The number of hydrogen-bond acceptors (Lipinski definition) is 4. The predicted octanol–water partition coefficient (Wildman–Crippen LogP) is 2.53. The molecule has 5 heteroatoms. The number of imidazole rings is 1. The topological polar surface area (TPSA) is 66.0 Å². The van der Waals surface area contributed by atoms with Gasteiger partial charge in [-0.05, 0) is 24.3 Å². The molecule has 0 spiro atoms. The van der Waals surface area contributed by atoms with Crippen LogP contribution in [-0.4, -0.2) is 21.6 Å². The Bertz CT molecular complexity index is 719. The highest BCUT2D eigenvalue weighted by Crippen LogP contribution is 2.22. The van der Waals surface area contributed by atoms with Gasteiger partial charge in [-0.15, -0.1) is 0 Å². The Morgan fingerprint density at radius 3 is 2.75 bits per heavy atom. The maximum atomic E-state index is 5.82. The number of anilines is 1. The Kier molecular flexibility index (Phi) is 3.09. The molecule has 0 saturated carbocycles. The van der Waals surface area contributed by atoms with Crippen LogP contribution in [0, 0.1) is 0 Å². The zero-order valence-electron chi connectivity index (χ0n) is 11.0. The van der Waals surface area contributed by atoms with Gasteiger partial charge in [0.2, 0.25) is 0 Å². The van der Waals surface area contributed by atoms with E-state index in [1.54, 1.807) is 19.5 Å². The van der Waals surface area contributed by atoms with Crippen molar-refractivity contribution in [3.63, 3.8) is 0 Å². The molecule has 100 valence electrons. The average Bonchev–Trinajstić information content (AvgIpc) is 2.97. The molecule has 2 heterocycles. The van der Waals surface area contributed by atoms with Crippen molar-refractivity contribution in [2.75, 3.05) is 12.8 Å². The van der Waals surface area contributed by atoms with Crippen LogP contribution in [0.3, 0.4) is 0 Å². The molecule has 2 aromatic heterocycles. The van der Waals surface area contributed by atoms with E-state index in [1.165, 1.54) is 0 Å². The summed E-state index contributed by atoms with van der Waals surface area (Å²) in [7, 11) is 1.62. The molecule has 0 amide bonds. The normalized spacial score (nSPS) is 10.4. The van der Waals surface area contributed by atoms with Crippen molar-refractivity contribution in [1.29, 1.82) is 0 Å². The maximum absolute atomic E-state index is 5.82. The van der Waals surface area contributed by atoms with E-state index in [0.717, 1.165) is 23.0 Å². The first-order valence-electron chi connectivity index (χ1n) is 6.17. The summed E-state index contributed by atoms with van der Waals surface area (Å²) >= 11 is 0. The third-order valence-corrected chi connectivity index (χ3v) is 2.99. The third kappa shape index (κ3) is 2.21. The minimum Gasteiger partial charge on any atom is -0.495 e. The van der Waals surface area contributed by atoms with Gasteiger partial charge in [-0.1, -0.05) is 12.1 Å². The van der Waals surface area contributed by atoms with Gasteiger partial charge < -0.3 is 10.5 Å². The number of nitrogens with two attached hydrogens (primary N) is 1. The molecule has 0 radical (unpaired) electrons. The average molecular weight is 266 g/mol. The molecule has 1 aromatic carbocycles. The number of methoxy groups -OCH3 is 1. The highest BCUT2D eigenvalue weighted by atomic mass is 16.5. The molecule has 20 heavy (non-hydrogen) atoms. The molecule has 5 nitrogen and oxygen atoms in total. The summed E-state index contributed by atoms with van der Waals surface area (Å²) < 4.78 is 7.02. The van der Waals surface area contributed by atoms with Crippen molar-refractivity contribution >= 4 is 5.69 Å². The van der Waals surface area contributed by atoms with Gasteiger partial charge in [0, 0.05) is 23.6 Å². The number of ether oxygens (including phenoxy) is 1. The van der Waals surface area contributed by atoms with Gasteiger partial charge in [0.15, 0.2) is 0 Å². The standard InChI is InChI=1S/C15H14N4O/c1-20-13-5-6-14(18-10-13)19-8-7-17-15(19)11-3-2-4-12(16)9-11/h2-10H,16H2,1H3. The summed E-state index contributed by atoms with van der Waals surface area (Å²) in [6.45, 7) is 0. The molecule has 2 N–H and O–H groups in total. The van der Waals surface area contributed by atoms with Crippen LogP contribution in [0.1, 0.15) is 0 Å². The Morgan fingerprint density at radius 2 is 2.05 bits per heavy atom. The number of nitrogen functional groups attached to an aromatic ring is 1. The largest absolute Gasteiger partial charge is 0.495 e. The quantitative estimate of drug-likeness (QED) is 0.740. The second-order valence-electron chi connectivity index (χ2n) is 4.30. The van der Waals surface area contributed by atoms with Crippen LogP contribution in [-0.2, 0) is 0 Å². The Labute approximate surface area is 116 Å². The highest BCUT2D eigenvalue weighted by Gasteiger charge is 2.08.